The van der Waals surface area contributed by atoms with Gasteiger partial charge in [0.1, 0.15) is 5.56 Å². The molecule has 1 rings (SSSR count). The lowest BCUT2D eigenvalue weighted by atomic mass is 10.1. The van der Waals surface area contributed by atoms with Crippen molar-refractivity contribution in [1.29, 1.82) is 0 Å². The van der Waals surface area contributed by atoms with Crippen LogP contribution >= 0.6 is 11.6 Å². The molecular weight excluding hydrogens is 278 g/mol. The summed E-state index contributed by atoms with van der Waals surface area (Å²) in [6, 6.07) is 3.10. The second-order valence-electron chi connectivity index (χ2n) is 5.16. The summed E-state index contributed by atoms with van der Waals surface area (Å²) < 4.78 is 10.8. The van der Waals surface area contributed by atoms with Crippen LogP contribution in [0.1, 0.15) is 44.5 Å². The molecule has 0 saturated carbocycles. The molecule has 0 saturated heterocycles. The number of rotatable bonds is 6. The minimum atomic E-state index is -0.478. The van der Waals surface area contributed by atoms with Crippen molar-refractivity contribution < 1.29 is 14.3 Å². The van der Waals surface area contributed by atoms with E-state index in [0.29, 0.717) is 22.4 Å². The molecule has 0 aromatic heterocycles. The summed E-state index contributed by atoms with van der Waals surface area (Å²) in [7, 11) is 0. The van der Waals surface area contributed by atoms with E-state index < -0.39 is 5.97 Å². The van der Waals surface area contributed by atoms with Gasteiger partial charge in [-0.1, -0.05) is 25.4 Å². The number of carbonyl (C=O) groups is 1. The summed E-state index contributed by atoms with van der Waals surface area (Å²) in [6.45, 7) is 8.19. The smallest absolute Gasteiger partial charge is 0.342 e. The van der Waals surface area contributed by atoms with E-state index in [2.05, 4.69) is 13.8 Å². The third kappa shape index (κ3) is 4.60. The summed E-state index contributed by atoms with van der Waals surface area (Å²) >= 11 is 6.15. The van der Waals surface area contributed by atoms with E-state index in [1.54, 1.807) is 13.0 Å². The van der Waals surface area contributed by atoms with Crippen LogP contribution in [-0.2, 0) is 4.74 Å². The molecule has 1 unspecified atom stereocenters. The molecule has 0 heterocycles. The van der Waals surface area contributed by atoms with Gasteiger partial charge in [0, 0.05) is 5.69 Å². The van der Waals surface area contributed by atoms with Gasteiger partial charge < -0.3 is 15.2 Å². The minimum Gasteiger partial charge on any atom is -0.488 e. The van der Waals surface area contributed by atoms with Gasteiger partial charge in [0.05, 0.1) is 17.7 Å². The van der Waals surface area contributed by atoms with Gasteiger partial charge in [-0.15, -0.1) is 0 Å². The third-order valence-electron chi connectivity index (χ3n) is 2.68. The molecule has 1 aromatic carbocycles. The second-order valence-corrected chi connectivity index (χ2v) is 5.57. The van der Waals surface area contributed by atoms with Crippen LogP contribution in [0.3, 0.4) is 0 Å². The van der Waals surface area contributed by atoms with E-state index in [1.165, 1.54) is 6.07 Å². The number of benzene rings is 1. The van der Waals surface area contributed by atoms with Crippen LogP contribution in [-0.4, -0.2) is 18.7 Å². The molecule has 0 bridgehead atoms. The molecule has 112 valence electrons. The number of esters is 1. The molecule has 0 fully saturated rings. The molecule has 5 heteroatoms. The fourth-order valence-corrected chi connectivity index (χ4v) is 2.28. The Morgan fingerprint density at radius 2 is 2.00 bits per heavy atom. The Kier molecular flexibility index (Phi) is 6.14. The Bertz CT molecular complexity index is 474. The Morgan fingerprint density at radius 1 is 1.35 bits per heavy atom. The normalized spacial score (nSPS) is 12.3. The first-order chi connectivity index (χ1) is 9.35. The van der Waals surface area contributed by atoms with Crippen molar-refractivity contribution in [2.45, 2.75) is 40.2 Å². The van der Waals surface area contributed by atoms with E-state index in [4.69, 9.17) is 26.8 Å². The summed E-state index contributed by atoms with van der Waals surface area (Å²) in [5.74, 6) is 0.351. The molecule has 0 aliphatic carbocycles. The van der Waals surface area contributed by atoms with Crippen LogP contribution in [0.15, 0.2) is 12.1 Å². The van der Waals surface area contributed by atoms with Crippen LogP contribution in [0.2, 0.25) is 5.02 Å². The van der Waals surface area contributed by atoms with Crippen molar-refractivity contribution in [2.75, 3.05) is 12.3 Å². The Morgan fingerprint density at radius 3 is 2.55 bits per heavy atom. The number of nitrogens with two attached hydrogens (primary N) is 1. The predicted octanol–water partition coefficient (Wildman–Crippen LogP) is 3.91. The fourth-order valence-electron chi connectivity index (χ4n) is 2.01. The van der Waals surface area contributed by atoms with Gasteiger partial charge in [-0.2, -0.15) is 0 Å². The highest BCUT2D eigenvalue weighted by Crippen LogP contribution is 2.33. The highest BCUT2D eigenvalue weighted by atomic mass is 35.5. The molecular formula is C15H22ClNO3. The fraction of sp³-hybridized carbons (Fsp3) is 0.533. The number of halogens is 1. The van der Waals surface area contributed by atoms with Crippen molar-refractivity contribution in [3.8, 4) is 5.75 Å². The van der Waals surface area contributed by atoms with E-state index in [9.17, 15) is 4.79 Å². The molecule has 20 heavy (non-hydrogen) atoms. The lowest BCUT2D eigenvalue weighted by Gasteiger charge is -2.20. The molecule has 1 atom stereocenters. The average molecular weight is 300 g/mol. The standard InChI is InChI=1S/C15H22ClNO3/c1-5-19-15(18)12-7-11(17)8-13(16)14(12)20-10(4)6-9(2)3/h7-10H,5-6,17H2,1-4H3. The third-order valence-corrected chi connectivity index (χ3v) is 2.96. The second kappa shape index (κ2) is 7.39. The summed E-state index contributed by atoms with van der Waals surface area (Å²) in [6.07, 6.45) is 0.812. The number of nitrogen functional groups attached to an aromatic ring is 1. The molecule has 0 amide bonds. The molecule has 4 nitrogen and oxygen atoms in total. The highest BCUT2D eigenvalue weighted by molar-refractivity contribution is 6.33. The van der Waals surface area contributed by atoms with Crippen molar-refractivity contribution in [3.63, 3.8) is 0 Å². The largest absolute Gasteiger partial charge is 0.488 e. The topological polar surface area (TPSA) is 61.5 Å². The van der Waals surface area contributed by atoms with Crippen LogP contribution in [0, 0.1) is 5.92 Å². The van der Waals surface area contributed by atoms with Crippen LogP contribution in [0.25, 0.3) is 0 Å². The lowest BCUT2D eigenvalue weighted by molar-refractivity contribution is 0.0519. The van der Waals surface area contributed by atoms with E-state index in [-0.39, 0.29) is 18.3 Å². The van der Waals surface area contributed by atoms with Crippen molar-refractivity contribution >= 4 is 23.3 Å². The van der Waals surface area contributed by atoms with Gasteiger partial charge in [0.25, 0.3) is 0 Å². The quantitative estimate of drug-likeness (QED) is 0.639. The van der Waals surface area contributed by atoms with Gasteiger partial charge in [-0.3, -0.25) is 0 Å². The predicted molar refractivity (Wildman–Crippen MR) is 81.4 cm³/mol. The minimum absolute atomic E-state index is 0.0516. The monoisotopic (exact) mass is 299 g/mol. The Labute approximate surface area is 125 Å². The Balaban J connectivity index is 3.06. The maximum Gasteiger partial charge on any atom is 0.342 e. The number of hydrogen-bond donors (Lipinski definition) is 1. The number of anilines is 1. The van der Waals surface area contributed by atoms with Gasteiger partial charge >= 0.3 is 5.97 Å². The molecule has 0 aliphatic heterocycles. The van der Waals surface area contributed by atoms with Gasteiger partial charge in [0.15, 0.2) is 5.75 Å². The van der Waals surface area contributed by atoms with Crippen LogP contribution in [0.5, 0.6) is 5.75 Å². The van der Waals surface area contributed by atoms with Crippen LogP contribution in [0.4, 0.5) is 5.69 Å². The zero-order chi connectivity index (χ0) is 15.3. The van der Waals surface area contributed by atoms with E-state index in [1.807, 2.05) is 6.92 Å². The summed E-state index contributed by atoms with van der Waals surface area (Å²) in [5.41, 5.74) is 6.40. The molecule has 1 aromatic rings. The summed E-state index contributed by atoms with van der Waals surface area (Å²) in [5, 5.41) is 0.323. The van der Waals surface area contributed by atoms with Crippen LogP contribution < -0.4 is 10.5 Å². The van der Waals surface area contributed by atoms with Crippen molar-refractivity contribution in [3.05, 3.63) is 22.7 Å². The van der Waals surface area contributed by atoms with Gasteiger partial charge in [0.2, 0.25) is 0 Å². The first-order valence-electron chi connectivity index (χ1n) is 6.77. The maximum atomic E-state index is 12.0. The lowest BCUT2D eigenvalue weighted by Crippen LogP contribution is -2.17. The molecule has 0 spiro atoms. The number of hydrogen-bond acceptors (Lipinski definition) is 4. The van der Waals surface area contributed by atoms with Gasteiger partial charge in [-0.25, -0.2) is 4.79 Å². The number of ether oxygens (including phenoxy) is 2. The SMILES string of the molecule is CCOC(=O)c1cc(N)cc(Cl)c1OC(C)CC(C)C. The van der Waals surface area contributed by atoms with E-state index >= 15 is 0 Å². The number of carbonyl (C=O) groups excluding carboxylic acids is 1. The van der Waals surface area contributed by atoms with Crippen molar-refractivity contribution in [1.82, 2.24) is 0 Å². The zero-order valence-corrected chi connectivity index (χ0v) is 13.2. The molecule has 0 aliphatic rings. The average Bonchev–Trinajstić information content (AvgIpc) is 2.31. The van der Waals surface area contributed by atoms with E-state index in [0.717, 1.165) is 6.42 Å². The molecule has 2 N–H and O–H groups in total. The first-order valence-corrected chi connectivity index (χ1v) is 7.15. The Hall–Kier alpha value is -1.42. The first kappa shape index (κ1) is 16.6. The highest BCUT2D eigenvalue weighted by Gasteiger charge is 2.20. The molecule has 0 radical (unpaired) electrons. The van der Waals surface area contributed by atoms with Crippen molar-refractivity contribution in [2.24, 2.45) is 5.92 Å². The maximum absolute atomic E-state index is 12.0. The zero-order valence-electron chi connectivity index (χ0n) is 12.4. The van der Waals surface area contributed by atoms with Gasteiger partial charge in [-0.05, 0) is 38.3 Å². The summed E-state index contributed by atoms with van der Waals surface area (Å²) in [4.78, 5) is 12.0.